The Morgan fingerprint density at radius 1 is 0.857 bits per heavy atom. The number of hydrogen-bond acceptors (Lipinski definition) is 4. The molecule has 1 aliphatic rings. The van der Waals surface area contributed by atoms with Crippen LogP contribution in [0.4, 0.5) is 0 Å². The first-order chi connectivity index (χ1) is 10.2. The summed E-state index contributed by atoms with van der Waals surface area (Å²) in [6, 6.07) is 13.7. The number of imide groups is 1. The first kappa shape index (κ1) is 13.2. The molecule has 106 valence electrons. The number of carbonyl (C=O) groups excluding carboxylic acids is 2. The highest BCUT2D eigenvalue weighted by atomic mass is 16.5. The zero-order valence-corrected chi connectivity index (χ0v) is 11.4. The Morgan fingerprint density at radius 2 is 1.38 bits per heavy atom. The molecule has 0 saturated heterocycles. The van der Waals surface area contributed by atoms with E-state index in [2.05, 4.69) is 0 Å². The molecule has 2 amide bonds. The van der Waals surface area contributed by atoms with Gasteiger partial charge in [-0.25, -0.2) is 4.90 Å². The van der Waals surface area contributed by atoms with Crippen LogP contribution in [0.15, 0.2) is 48.5 Å². The third-order valence-electron chi connectivity index (χ3n) is 3.30. The van der Waals surface area contributed by atoms with E-state index in [4.69, 9.17) is 9.47 Å². The summed E-state index contributed by atoms with van der Waals surface area (Å²) in [6.07, 6.45) is 0. The van der Waals surface area contributed by atoms with E-state index < -0.39 is 0 Å². The molecule has 5 heteroatoms. The number of rotatable bonds is 4. The fraction of sp³-hybridized carbons (Fsp3) is 0.125. The molecule has 0 atom stereocenters. The number of fused-ring (bicyclic) bond motifs is 1. The van der Waals surface area contributed by atoms with Crippen LogP contribution >= 0.6 is 0 Å². The van der Waals surface area contributed by atoms with Gasteiger partial charge in [-0.1, -0.05) is 12.1 Å². The van der Waals surface area contributed by atoms with Crippen molar-refractivity contribution in [3.05, 3.63) is 59.7 Å². The predicted molar refractivity (Wildman–Crippen MR) is 75.4 cm³/mol. The second-order valence-corrected chi connectivity index (χ2v) is 4.53. The number of benzene rings is 2. The van der Waals surface area contributed by atoms with E-state index in [-0.39, 0.29) is 18.5 Å². The lowest BCUT2D eigenvalue weighted by atomic mass is 10.1. The molecule has 0 aliphatic carbocycles. The Hall–Kier alpha value is -2.82. The maximum absolute atomic E-state index is 12.1. The highest BCUT2D eigenvalue weighted by Gasteiger charge is 2.35. The van der Waals surface area contributed by atoms with Gasteiger partial charge in [-0.3, -0.25) is 9.59 Å². The molecule has 0 bridgehead atoms. The van der Waals surface area contributed by atoms with Crippen LogP contribution in [0.5, 0.6) is 11.5 Å². The molecule has 1 heterocycles. The number of amides is 2. The molecule has 0 unspecified atom stereocenters. The number of hydrogen-bond donors (Lipinski definition) is 0. The van der Waals surface area contributed by atoms with Gasteiger partial charge in [-0.2, -0.15) is 0 Å². The summed E-state index contributed by atoms with van der Waals surface area (Å²) in [6.45, 7) is -0.112. The van der Waals surface area contributed by atoms with Crippen molar-refractivity contribution in [3.63, 3.8) is 0 Å². The Morgan fingerprint density at radius 3 is 1.90 bits per heavy atom. The van der Waals surface area contributed by atoms with Crippen LogP contribution in [0.25, 0.3) is 0 Å². The average Bonchev–Trinajstić information content (AvgIpc) is 2.78. The molecule has 1 aliphatic heterocycles. The van der Waals surface area contributed by atoms with E-state index in [0.717, 1.165) is 4.90 Å². The number of methoxy groups -OCH3 is 1. The van der Waals surface area contributed by atoms with Crippen LogP contribution in [0, 0.1) is 0 Å². The summed E-state index contributed by atoms with van der Waals surface area (Å²) in [5, 5.41) is 0. The van der Waals surface area contributed by atoms with Crippen LogP contribution < -0.4 is 9.47 Å². The molecule has 3 rings (SSSR count). The van der Waals surface area contributed by atoms with Crippen molar-refractivity contribution in [2.24, 2.45) is 0 Å². The van der Waals surface area contributed by atoms with Crippen LogP contribution in [0.1, 0.15) is 20.7 Å². The molecule has 5 nitrogen and oxygen atoms in total. The van der Waals surface area contributed by atoms with Crippen molar-refractivity contribution in [2.75, 3.05) is 13.8 Å². The van der Waals surface area contributed by atoms with E-state index in [9.17, 15) is 9.59 Å². The first-order valence-electron chi connectivity index (χ1n) is 6.43. The lowest BCUT2D eigenvalue weighted by molar-refractivity contribution is 0.0522. The molecular formula is C16H13NO4. The molecule has 0 fully saturated rings. The zero-order valence-electron chi connectivity index (χ0n) is 11.4. The average molecular weight is 283 g/mol. The Balaban J connectivity index is 1.72. The summed E-state index contributed by atoms with van der Waals surface area (Å²) in [5.74, 6) is 0.614. The summed E-state index contributed by atoms with van der Waals surface area (Å²) < 4.78 is 10.5. The number of carbonyl (C=O) groups is 2. The van der Waals surface area contributed by atoms with Crippen molar-refractivity contribution in [1.29, 1.82) is 0 Å². The summed E-state index contributed by atoms with van der Waals surface area (Å²) in [5.41, 5.74) is 0.835. The van der Waals surface area contributed by atoms with Gasteiger partial charge in [0.15, 0.2) is 6.73 Å². The molecule has 0 saturated carbocycles. The minimum atomic E-state index is -0.330. The van der Waals surface area contributed by atoms with Gasteiger partial charge in [0.1, 0.15) is 11.5 Å². The molecule has 2 aromatic carbocycles. The minimum absolute atomic E-state index is 0.112. The van der Waals surface area contributed by atoms with Crippen molar-refractivity contribution in [2.45, 2.75) is 0 Å². The Bertz CT molecular complexity index is 659. The Labute approximate surface area is 121 Å². The van der Waals surface area contributed by atoms with E-state index >= 15 is 0 Å². The van der Waals surface area contributed by atoms with Gasteiger partial charge in [-0.15, -0.1) is 0 Å². The third kappa shape index (κ3) is 2.33. The van der Waals surface area contributed by atoms with Crippen LogP contribution in [-0.2, 0) is 0 Å². The fourth-order valence-electron chi connectivity index (χ4n) is 2.17. The van der Waals surface area contributed by atoms with Crippen LogP contribution in [-0.4, -0.2) is 30.6 Å². The molecule has 0 N–H and O–H groups in total. The molecular weight excluding hydrogens is 270 g/mol. The van der Waals surface area contributed by atoms with E-state index in [1.54, 1.807) is 55.6 Å². The van der Waals surface area contributed by atoms with Crippen molar-refractivity contribution in [3.8, 4) is 11.5 Å². The van der Waals surface area contributed by atoms with Crippen molar-refractivity contribution < 1.29 is 19.1 Å². The van der Waals surface area contributed by atoms with Gasteiger partial charge in [0.05, 0.1) is 18.2 Å². The van der Waals surface area contributed by atoms with Gasteiger partial charge in [0.25, 0.3) is 11.8 Å². The maximum Gasteiger partial charge on any atom is 0.264 e. The largest absolute Gasteiger partial charge is 0.497 e. The first-order valence-corrected chi connectivity index (χ1v) is 6.43. The number of nitrogens with zero attached hydrogens (tertiary/aromatic N) is 1. The third-order valence-corrected chi connectivity index (χ3v) is 3.30. The van der Waals surface area contributed by atoms with E-state index in [1.807, 2.05) is 0 Å². The highest BCUT2D eigenvalue weighted by Crippen LogP contribution is 2.23. The van der Waals surface area contributed by atoms with Crippen molar-refractivity contribution in [1.82, 2.24) is 4.90 Å². The molecule has 21 heavy (non-hydrogen) atoms. The SMILES string of the molecule is COc1ccc(OCN2C(=O)c3ccccc3C2=O)cc1. The second kappa shape index (κ2) is 5.28. The highest BCUT2D eigenvalue weighted by molar-refractivity contribution is 6.21. The second-order valence-electron chi connectivity index (χ2n) is 4.53. The number of ether oxygens (including phenoxy) is 2. The monoisotopic (exact) mass is 283 g/mol. The Kier molecular flexibility index (Phi) is 3.31. The predicted octanol–water partition coefficient (Wildman–Crippen LogP) is 2.33. The summed E-state index contributed by atoms with van der Waals surface area (Å²) >= 11 is 0. The molecule has 2 aromatic rings. The normalized spacial score (nSPS) is 13.3. The maximum atomic E-state index is 12.1. The zero-order chi connectivity index (χ0) is 14.8. The van der Waals surface area contributed by atoms with Gasteiger partial charge in [0.2, 0.25) is 0 Å². The van der Waals surface area contributed by atoms with E-state index in [1.165, 1.54) is 0 Å². The standard InChI is InChI=1S/C16H13NO4/c1-20-11-6-8-12(9-7-11)21-10-17-15(18)13-4-2-3-5-14(13)16(17)19/h2-9H,10H2,1H3. The summed E-state index contributed by atoms with van der Waals surface area (Å²) in [4.78, 5) is 25.4. The van der Waals surface area contributed by atoms with Gasteiger partial charge in [0, 0.05) is 0 Å². The topological polar surface area (TPSA) is 55.8 Å². The van der Waals surface area contributed by atoms with Gasteiger partial charge < -0.3 is 9.47 Å². The lowest BCUT2D eigenvalue weighted by Gasteiger charge is -2.15. The van der Waals surface area contributed by atoms with E-state index in [0.29, 0.717) is 22.6 Å². The van der Waals surface area contributed by atoms with Gasteiger partial charge >= 0.3 is 0 Å². The molecule has 0 radical (unpaired) electrons. The summed E-state index contributed by atoms with van der Waals surface area (Å²) in [7, 11) is 1.58. The minimum Gasteiger partial charge on any atom is -0.497 e. The lowest BCUT2D eigenvalue weighted by Crippen LogP contribution is -2.33. The quantitative estimate of drug-likeness (QED) is 0.808. The molecule has 0 spiro atoms. The van der Waals surface area contributed by atoms with Gasteiger partial charge in [-0.05, 0) is 36.4 Å². The molecule has 0 aromatic heterocycles. The van der Waals surface area contributed by atoms with Crippen molar-refractivity contribution >= 4 is 11.8 Å². The van der Waals surface area contributed by atoms with Crippen LogP contribution in [0.3, 0.4) is 0 Å². The fourth-order valence-corrected chi connectivity index (χ4v) is 2.17. The van der Waals surface area contributed by atoms with Crippen LogP contribution in [0.2, 0.25) is 0 Å². The smallest absolute Gasteiger partial charge is 0.264 e.